The van der Waals surface area contributed by atoms with E-state index in [2.05, 4.69) is 10.3 Å². The van der Waals surface area contributed by atoms with E-state index < -0.39 is 0 Å². The lowest BCUT2D eigenvalue weighted by molar-refractivity contribution is -0.125. The van der Waals surface area contributed by atoms with Gasteiger partial charge in [0.2, 0.25) is 11.9 Å². The third-order valence-corrected chi connectivity index (χ3v) is 7.18. The van der Waals surface area contributed by atoms with Crippen molar-refractivity contribution >= 4 is 33.4 Å². The Morgan fingerprint density at radius 2 is 2.00 bits per heavy atom. The van der Waals surface area contributed by atoms with Crippen LogP contribution in [0.1, 0.15) is 18.4 Å². The summed E-state index contributed by atoms with van der Waals surface area (Å²) in [6.07, 6.45) is 1.67. The molecule has 0 saturated carbocycles. The number of methoxy groups -OCH3 is 1. The Balaban J connectivity index is 1.32. The standard InChI is InChI=1S/C26H26N4O3S/c1-33-20-11-9-17(10-12-20)14-27-24(31)19-8-5-13-30(15-19)26-28-22-21(18-6-3-2-4-7-18)16-34-23(22)25(32)29-26/h2-4,6-7,9-12,16,19H,5,8,13-15H2,1H3,(H,27,31)(H,28,29,32). The number of hydrogen-bond acceptors (Lipinski definition) is 6. The highest BCUT2D eigenvalue weighted by atomic mass is 32.1. The van der Waals surface area contributed by atoms with Crippen LogP contribution < -0.4 is 20.5 Å². The minimum Gasteiger partial charge on any atom is -0.497 e. The van der Waals surface area contributed by atoms with E-state index >= 15 is 0 Å². The van der Waals surface area contributed by atoms with E-state index in [1.54, 1.807) is 7.11 Å². The number of nitrogens with one attached hydrogen (secondary N) is 2. The molecule has 1 fully saturated rings. The Morgan fingerprint density at radius 1 is 1.21 bits per heavy atom. The molecule has 1 aliphatic heterocycles. The fraction of sp³-hybridized carbons (Fsp3) is 0.269. The van der Waals surface area contributed by atoms with Crippen LogP contribution in [0.5, 0.6) is 5.75 Å². The number of carbonyl (C=O) groups is 1. The second kappa shape index (κ2) is 9.69. The van der Waals surface area contributed by atoms with Crippen LogP contribution in [-0.4, -0.2) is 36.1 Å². The molecule has 2 N–H and O–H groups in total. The molecule has 8 heteroatoms. The Morgan fingerprint density at radius 3 is 2.76 bits per heavy atom. The summed E-state index contributed by atoms with van der Waals surface area (Å²) in [5, 5.41) is 5.03. The van der Waals surface area contributed by atoms with E-state index in [1.165, 1.54) is 11.3 Å². The van der Waals surface area contributed by atoms with E-state index in [4.69, 9.17) is 9.72 Å². The Hall–Kier alpha value is -3.65. The maximum absolute atomic E-state index is 12.9. The molecule has 5 rings (SSSR count). The first kappa shape index (κ1) is 22.2. The van der Waals surface area contributed by atoms with Gasteiger partial charge < -0.3 is 15.0 Å². The van der Waals surface area contributed by atoms with E-state index in [9.17, 15) is 9.59 Å². The van der Waals surface area contributed by atoms with E-state index in [-0.39, 0.29) is 17.4 Å². The van der Waals surface area contributed by atoms with Gasteiger partial charge in [0.1, 0.15) is 10.4 Å². The zero-order valence-electron chi connectivity index (χ0n) is 18.9. The number of aromatic nitrogens is 2. The summed E-state index contributed by atoms with van der Waals surface area (Å²) in [5.74, 6) is 1.17. The summed E-state index contributed by atoms with van der Waals surface area (Å²) in [7, 11) is 1.63. The average molecular weight is 475 g/mol. The number of carbonyl (C=O) groups excluding carboxylic acids is 1. The lowest BCUT2D eigenvalue weighted by Gasteiger charge is -2.32. The van der Waals surface area contributed by atoms with Gasteiger partial charge in [-0.25, -0.2) is 4.98 Å². The molecular formula is C26H26N4O3S. The van der Waals surface area contributed by atoms with Gasteiger partial charge in [-0.1, -0.05) is 42.5 Å². The van der Waals surface area contributed by atoms with Crippen LogP contribution in [0.25, 0.3) is 21.3 Å². The largest absolute Gasteiger partial charge is 0.497 e. The van der Waals surface area contributed by atoms with Crippen molar-refractivity contribution in [1.82, 2.24) is 15.3 Å². The summed E-state index contributed by atoms with van der Waals surface area (Å²) in [6.45, 7) is 1.74. The molecule has 7 nitrogen and oxygen atoms in total. The van der Waals surface area contributed by atoms with Gasteiger partial charge in [0.25, 0.3) is 5.56 Å². The molecule has 1 aliphatic rings. The number of benzene rings is 2. The van der Waals surface area contributed by atoms with Crippen molar-refractivity contribution in [2.24, 2.45) is 5.92 Å². The number of thiophene rings is 1. The van der Waals surface area contributed by atoms with Crippen LogP contribution in [0.2, 0.25) is 0 Å². The molecule has 0 aliphatic carbocycles. The lowest BCUT2D eigenvalue weighted by atomic mass is 9.97. The molecule has 1 saturated heterocycles. The zero-order chi connectivity index (χ0) is 23.5. The predicted octanol–water partition coefficient (Wildman–Crippen LogP) is 4.19. The van der Waals surface area contributed by atoms with Gasteiger partial charge in [-0.3, -0.25) is 14.6 Å². The van der Waals surface area contributed by atoms with Crippen LogP contribution in [0, 0.1) is 5.92 Å². The number of hydrogen-bond donors (Lipinski definition) is 2. The van der Waals surface area contributed by atoms with Gasteiger partial charge in [-0.15, -0.1) is 11.3 Å². The number of anilines is 1. The Kier molecular flexibility index (Phi) is 6.31. The van der Waals surface area contributed by atoms with Gasteiger partial charge in [0.05, 0.1) is 18.5 Å². The summed E-state index contributed by atoms with van der Waals surface area (Å²) in [4.78, 5) is 35.5. The van der Waals surface area contributed by atoms with Crippen LogP contribution in [0.4, 0.5) is 5.95 Å². The average Bonchev–Trinajstić information content (AvgIpc) is 3.33. The molecule has 1 unspecified atom stereocenters. The van der Waals surface area contributed by atoms with E-state index in [0.29, 0.717) is 29.3 Å². The van der Waals surface area contributed by atoms with Crippen LogP contribution >= 0.6 is 11.3 Å². The van der Waals surface area contributed by atoms with Crippen LogP contribution in [-0.2, 0) is 11.3 Å². The molecule has 0 bridgehead atoms. The zero-order valence-corrected chi connectivity index (χ0v) is 19.7. The minimum atomic E-state index is -0.163. The second-order valence-electron chi connectivity index (χ2n) is 8.43. The van der Waals surface area contributed by atoms with Crippen molar-refractivity contribution in [3.63, 3.8) is 0 Å². The molecule has 174 valence electrons. The molecule has 0 radical (unpaired) electrons. The van der Waals surface area contributed by atoms with Crippen LogP contribution in [0.3, 0.4) is 0 Å². The second-order valence-corrected chi connectivity index (χ2v) is 9.31. The molecule has 2 aromatic carbocycles. The lowest BCUT2D eigenvalue weighted by Crippen LogP contribution is -2.44. The first-order valence-electron chi connectivity index (χ1n) is 11.3. The number of nitrogens with zero attached hydrogens (tertiary/aromatic N) is 2. The van der Waals surface area contributed by atoms with Crippen molar-refractivity contribution in [2.75, 3.05) is 25.1 Å². The number of ether oxygens (including phenoxy) is 1. The fourth-order valence-corrected chi connectivity index (χ4v) is 5.26. The molecular weight excluding hydrogens is 448 g/mol. The van der Waals surface area contributed by atoms with Gasteiger partial charge in [0.15, 0.2) is 0 Å². The van der Waals surface area contributed by atoms with Crippen molar-refractivity contribution < 1.29 is 9.53 Å². The van der Waals surface area contributed by atoms with E-state index in [0.717, 1.165) is 41.8 Å². The number of H-pyrrole nitrogens is 1. The van der Waals surface area contributed by atoms with Gasteiger partial charge in [0, 0.05) is 30.6 Å². The fourth-order valence-electron chi connectivity index (χ4n) is 4.35. The number of rotatable bonds is 6. The summed E-state index contributed by atoms with van der Waals surface area (Å²) in [6, 6.07) is 17.6. The van der Waals surface area contributed by atoms with Gasteiger partial charge >= 0.3 is 0 Å². The molecule has 0 spiro atoms. The van der Waals surface area contributed by atoms with Crippen molar-refractivity contribution in [2.45, 2.75) is 19.4 Å². The summed E-state index contributed by atoms with van der Waals surface area (Å²) < 4.78 is 5.80. The SMILES string of the molecule is COc1ccc(CNC(=O)C2CCCN(c3nc4c(-c5ccccc5)csc4c(=O)[nH]3)C2)cc1. The smallest absolute Gasteiger partial charge is 0.270 e. The molecule has 1 atom stereocenters. The summed E-state index contributed by atoms with van der Waals surface area (Å²) >= 11 is 1.41. The van der Waals surface area contributed by atoms with Crippen molar-refractivity contribution in [1.29, 1.82) is 0 Å². The molecule has 1 amide bonds. The maximum atomic E-state index is 12.9. The minimum absolute atomic E-state index is 0.0180. The first-order chi connectivity index (χ1) is 16.6. The molecule has 34 heavy (non-hydrogen) atoms. The van der Waals surface area contributed by atoms with Gasteiger partial charge in [-0.05, 0) is 36.1 Å². The Bertz CT molecular complexity index is 1350. The third-order valence-electron chi connectivity index (χ3n) is 6.22. The normalized spacial score (nSPS) is 15.9. The van der Waals surface area contributed by atoms with Crippen molar-refractivity contribution in [3.8, 4) is 16.9 Å². The summed E-state index contributed by atoms with van der Waals surface area (Å²) in [5.41, 5.74) is 3.58. The predicted molar refractivity (Wildman–Crippen MR) is 135 cm³/mol. The first-order valence-corrected chi connectivity index (χ1v) is 12.2. The quantitative estimate of drug-likeness (QED) is 0.438. The molecule has 4 aromatic rings. The topological polar surface area (TPSA) is 87.3 Å². The number of aromatic amines is 1. The maximum Gasteiger partial charge on any atom is 0.270 e. The third kappa shape index (κ3) is 4.54. The molecule has 3 heterocycles. The van der Waals surface area contributed by atoms with Gasteiger partial charge in [-0.2, -0.15) is 0 Å². The number of amides is 1. The van der Waals surface area contributed by atoms with Crippen molar-refractivity contribution in [3.05, 3.63) is 75.9 Å². The highest BCUT2D eigenvalue weighted by molar-refractivity contribution is 7.17. The number of piperidine rings is 1. The van der Waals surface area contributed by atoms with E-state index in [1.807, 2.05) is 64.9 Å². The Labute approximate surface area is 201 Å². The highest BCUT2D eigenvalue weighted by Gasteiger charge is 2.27. The highest BCUT2D eigenvalue weighted by Crippen LogP contribution is 2.32. The monoisotopic (exact) mass is 474 g/mol. The molecule has 2 aromatic heterocycles. The van der Waals surface area contributed by atoms with Crippen LogP contribution in [0.15, 0.2) is 64.8 Å². The number of fused-ring (bicyclic) bond motifs is 1.